The summed E-state index contributed by atoms with van der Waals surface area (Å²) in [5.74, 6) is -0.762. The van der Waals surface area contributed by atoms with E-state index in [1.807, 2.05) is 48.5 Å². The Labute approximate surface area is 166 Å². The van der Waals surface area contributed by atoms with Gasteiger partial charge in [-0.2, -0.15) is 0 Å². The normalized spacial score (nSPS) is 11.4. The quantitative estimate of drug-likeness (QED) is 0.435. The molecule has 0 unspecified atom stereocenters. The van der Waals surface area contributed by atoms with Gasteiger partial charge < -0.3 is 0 Å². The van der Waals surface area contributed by atoms with Crippen molar-refractivity contribution in [1.82, 2.24) is 4.90 Å². The Morgan fingerprint density at radius 2 is 1.54 bits per heavy atom. The van der Waals surface area contributed by atoms with Crippen molar-refractivity contribution in [2.45, 2.75) is 19.4 Å². The van der Waals surface area contributed by atoms with Gasteiger partial charge in [-0.1, -0.05) is 72.8 Å². The molecule has 0 saturated carbocycles. The Morgan fingerprint density at radius 3 is 2.29 bits per heavy atom. The van der Waals surface area contributed by atoms with E-state index < -0.39 is 5.82 Å². The van der Waals surface area contributed by atoms with Gasteiger partial charge in [-0.05, 0) is 48.7 Å². The summed E-state index contributed by atoms with van der Waals surface area (Å²) in [6.07, 6.45) is 6.06. The fourth-order valence-corrected chi connectivity index (χ4v) is 3.19. The van der Waals surface area contributed by atoms with Crippen molar-refractivity contribution in [1.29, 1.82) is 0 Å². The third-order valence-electron chi connectivity index (χ3n) is 4.66. The van der Waals surface area contributed by atoms with Crippen molar-refractivity contribution in [3.63, 3.8) is 0 Å². The zero-order valence-corrected chi connectivity index (χ0v) is 15.9. The lowest BCUT2D eigenvalue weighted by Gasteiger charge is -2.21. The van der Waals surface area contributed by atoms with Crippen molar-refractivity contribution >= 4 is 6.08 Å². The monoisotopic (exact) mass is 377 g/mol. The first-order chi connectivity index (χ1) is 13.7. The second-order valence-electron chi connectivity index (χ2n) is 6.87. The van der Waals surface area contributed by atoms with Crippen molar-refractivity contribution in [3.05, 3.63) is 113 Å². The van der Waals surface area contributed by atoms with E-state index in [1.165, 1.54) is 17.7 Å². The summed E-state index contributed by atoms with van der Waals surface area (Å²) < 4.78 is 27.6. The number of rotatable bonds is 9. The average molecular weight is 377 g/mol. The van der Waals surface area contributed by atoms with Crippen molar-refractivity contribution < 1.29 is 8.78 Å². The first-order valence-corrected chi connectivity index (χ1v) is 9.62. The minimum absolute atomic E-state index is 0.360. The summed E-state index contributed by atoms with van der Waals surface area (Å²) in [5.41, 5.74) is 2.82. The highest BCUT2D eigenvalue weighted by molar-refractivity contribution is 5.48. The van der Waals surface area contributed by atoms with Gasteiger partial charge in [0.1, 0.15) is 11.6 Å². The van der Waals surface area contributed by atoms with E-state index in [9.17, 15) is 8.78 Å². The van der Waals surface area contributed by atoms with E-state index >= 15 is 0 Å². The Hall–Kier alpha value is -2.78. The molecule has 0 bridgehead atoms. The van der Waals surface area contributed by atoms with Crippen LogP contribution in [0.15, 0.2) is 84.9 Å². The highest BCUT2D eigenvalue weighted by Gasteiger charge is 2.10. The first kappa shape index (κ1) is 20.0. The zero-order chi connectivity index (χ0) is 19.6. The van der Waals surface area contributed by atoms with Gasteiger partial charge in [0.2, 0.25) is 0 Å². The lowest BCUT2D eigenvalue weighted by Crippen LogP contribution is -2.25. The highest BCUT2D eigenvalue weighted by atomic mass is 19.1. The minimum atomic E-state index is -0.402. The van der Waals surface area contributed by atoms with Crippen molar-refractivity contribution in [2.24, 2.45) is 0 Å². The summed E-state index contributed by atoms with van der Waals surface area (Å²) in [7, 11) is 0. The van der Waals surface area contributed by atoms with Crippen LogP contribution in [0.1, 0.15) is 23.1 Å². The Bertz CT molecular complexity index is 876. The van der Waals surface area contributed by atoms with Crippen LogP contribution in [0.2, 0.25) is 0 Å². The van der Waals surface area contributed by atoms with Gasteiger partial charge in [0, 0.05) is 18.7 Å². The molecule has 0 fully saturated rings. The lowest BCUT2D eigenvalue weighted by atomic mass is 10.1. The first-order valence-electron chi connectivity index (χ1n) is 9.62. The van der Waals surface area contributed by atoms with Crippen molar-refractivity contribution in [2.75, 3.05) is 13.1 Å². The number of halogens is 2. The van der Waals surface area contributed by atoms with E-state index in [2.05, 4.69) is 29.2 Å². The molecule has 3 heteroatoms. The third-order valence-corrected chi connectivity index (χ3v) is 4.66. The van der Waals surface area contributed by atoms with Crippen LogP contribution in [0.4, 0.5) is 8.78 Å². The van der Waals surface area contributed by atoms with Crippen LogP contribution in [-0.4, -0.2) is 18.0 Å². The molecule has 1 nitrogen and oxygen atoms in total. The van der Waals surface area contributed by atoms with Crippen molar-refractivity contribution in [3.8, 4) is 0 Å². The molecule has 0 atom stereocenters. The molecule has 0 spiro atoms. The molecule has 0 radical (unpaired) electrons. The highest BCUT2D eigenvalue weighted by Crippen LogP contribution is 2.14. The number of nitrogens with zero attached hydrogens (tertiary/aromatic N) is 1. The van der Waals surface area contributed by atoms with Crippen LogP contribution in [0.3, 0.4) is 0 Å². The Morgan fingerprint density at radius 1 is 0.821 bits per heavy atom. The van der Waals surface area contributed by atoms with Gasteiger partial charge in [-0.3, -0.25) is 4.90 Å². The Kier molecular flexibility index (Phi) is 7.51. The van der Waals surface area contributed by atoms with Gasteiger partial charge in [0.25, 0.3) is 0 Å². The molecule has 0 aliphatic rings. The summed E-state index contributed by atoms with van der Waals surface area (Å²) in [5, 5.41) is 0. The van der Waals surface area contributed by atoms with Gasteiger partial charge in [0.05, 0.1) is 0 Å². The topological polar surface area (TPSA) is 3.24 Å². The molecule has 0 heterocycles. The second kappa shape index (κ2) is 10.5. The van der Waals surface area contributed by atoms with E-state index in [0.29, 0.717) is 18.7 Å². The minimum Gasteiger partial charge on any atom is -0.295 e. The van der Waals surface area contributed by atoms with E-state index in [4.69, 9.17) is 0 Å². The van der Waals surface area contributed by atoms with E-state index in [-0.39, 0.29) is 5.82 Å². The predicted octanol–water partition coefficient (Wildman–Crippen LogP) is 6.11. The Balaban J connectivity index is 1.63. The average Bonchev–Trinajstić information content (AvgIpc) is 2.72. The maximum Gasteiger partial charge on any atom is 0.127 e. The van der Waals surface area contributed by atoms with Crippen LogP contribution in [0, 0.1) is 11.6 Å². The molecule has 3 rings (SSSR count). The molecule has 3 aromatic carbocycles. The maximum atomic E-state index is 14.1. The standard InChI is InChI=1S/C25H25F2N/c26-24-15-16-25(27)23(19-24)20-28(17-7-13-21-9-3-1-4-10-21)18-8-14-22-11-5-2-6-12-22/h1-7,9-13,15-16,19H,8,14,17-18,20H2/b13-7+. The number of benzene rings is 3. The fourth-order valence-electron chi connectivity index (χ4n) is 3.19. The van der Waals surface area contributed by atoms with Gasteiger partial charge in [-0.15, -0.1) is 0 Å². The summed E-state index contributed by atoms with van der Waals surface area (Å²) >= 11 is 0. The molecule has 144 valence electrons. The molecule has 0 aliphatic carbocycles. The zero-order valence-electron chi connectivity index (χ0n) is 15.9. The second-order valence-corrected chi connectivity index (χ2v) is 6.87. The number of hydrogen-bond acceptors (Lipinski definition) is 1. The van der Waals surface area contributed by atoms with Crippen LogP contribution in [-0.2, 0) is 13.0 Å². The van der Waals surface area contributed by atoms with Gasteiger partial charge in [0.15, 0.2) is 0 Å². The maximum absolute atomic E-state index is 14.1. The molecule has 0 N–H and O–H groups in total. The van der Waals surface area contributed by atoms with E-state index in [1.54, 1.807) is 0 Å². The number of aryl methyl sites for hydroxylation is 1. The largest absolute Gasteiger partial charge is 0.295 e. The third kappa shape index (κ3) is 6.43. The molecule has 3 aromatic rings. The van der Waals surface area contributed by atoms with E-state index in [0.717, 1.165) is 31.0 Å². The molecule has 0 amide bonds. The molecule has 28 heavy (non-hydrogen) atoms. The van der Waals surface area contributed by atoms with Gasteiger partial charge in [-0.25, -0.2) is 8.78 Å². The number of hydrogen-bond donors (Lipinski definition) is 0. The fraction of sp³-hybridized carbons (Fsp3) is 0.200. The van der Waals surface area contributed by atoms with Crippen LogP contribution < -0.4 is 0 Å². The molecular formula is C25H25F2N. The predicted molar refractivity (Wildman–Crippen MR) is 112 cm³/mol. The smallest absolute Gasteiger partial charge is 0.127 e. The van der Waals surface area contributed by atoms with Crippen LogP contribution in [0.25, 0.3) is 6.08 Å². The van der Waals surface area contributed by atoms with Crippen LogP contribution in [0.5, 0.6) is 0 Å². The summed E-state index contributed by atoms with van der Waals surface area (Å²) in [4.78, 5) is 2.15. The molecule has 0 saturated heterocycles. The molecule has 0 aromatic heterocycles. The van der Waals surface area contributed by atoms with Gasteiger partial charge >= 0.3 is 0 Å². The lowest BCUT2D eigenvalue weighted by molar-refractivity contribution is 0.286. The molecule has 0 aliphatic heterocycles. The summed E-state index contributed by atoms with van der Waals surface area (Å²) in [6.45, 7) is 1.88. The molecular weight excluding hydrogens is 352 g/mol. The SMILES string of the molecule is Fc1ccc(F)c(CN(C/C=C/c2ccccc2)CCCc2ccccc2)c1. The summed E-state index contributed by atoms with van der Waals surface area (Å²) in [6, 6.07) is 24.1. The van der Waals surface area contributed by atoms with Crippen LogP contribution >= 0.6 is 0 Å².